The molecule has 0 aliphatic rings. The summed E-state index contributed by atoms with van der Waals surface area (Å²) >= 11 is 1.34. The van der Waals surface area contributed by atoms with Gasteiger partial charge in [-0.1, -0.05) is 18.2 Å². The highest BCUT2D eigenvalue weighted by Gasteiger charge is 2.19. The first-order chi connectivity index (χ1) is 9.22. The van der Waals surface area contributed by atoms with E-state index in [4.69, 9.17) is 10.5 Å². The lowest BCUT2D eigenvalue weighted by atomic mass is 10.1. The van der Waals surface area contributed by atoms with E-state index in [0.29, 0.717) is 10.6 Å². The molecule has 0 aliphatic heterocycles. The van der Waals surface area contributed by atoms with E-state index < -0.39 is 5.97 Å². The van der Waals surface area contributed by atoms with Crippen LogP contribution in [0.5, 0.6) is 0 Å². The smallest absolute Gasteiger partial charge is 0.350 e. The van der Waals surface area contributed by atoms with Crippen molar-refractivity contribution in [1.82, 2.24) is 10.2 Å². The Hall–Kier alpha value is -2.34. The van der Waals surface area contributed by atoms with Crippen LogP contribution in [0.1, 0.15) is 9.67 Å². The van der Waals surface area contributed by atoms with Crippen LogP contribution in [0.2, 0.25) is 0 Å². The van der Waals surface area contributed by atoms with E-state index in [-0.39, 0.29) is 0 Å². The molecule has 0 radical (unpaired) electrons. The van der Waals surface area contributed by atoms with Gasteiger partial charge in [0, 0.05) is 27.4 Å². The normalized spacial score (nSPS) is 10.8. The van der Waals surface area contributed by atoms with Gasteiger partial charge in [0.05, 0.1) is 19.0 Å². The molecule has 6 heteroatoms. The summed E-state index contributed by atoms with van der Waals surface area (Å²) in [6.45, 7) is 0. The van der Waals surface area contributed by atoms with Gasteiger partial charge < -0.3 is 10.5 Å². The van der Waals surface area contributed by atoms with Gasteiger partial charge in [-0.15, -0.1) is 11.3 Å². The molecule has 0 bridgehead atoms. The number of anilines is 1. The number of ether oxygens (including phenoxy) is 1. The standard InChI is InChI=1S/C13H11N3O2S/c1-18-13(17)12-10(14)9-4-2-3-8(11(9)19-12)7-5-15-16-6-7/h2-6H,14H2,1H3,(H,15,16). The molecule has 1 aromatic carbocycles. The molecule has 0 saturated heterocycles. The minimum atomic E-state index is -0.406. The SMILES string of the molecule is COC(=O)c1sc2c(-c3cn[nH]c3)cccc2c1N. The number of thiophene rings is 1. The number of nitrogen functional groups attached to an aromatic ring is 1. The van der Waals surface area contributed by atoms with Crippen molar-refractivity contribution < 1.29 is 9.53 Å². The largest absolute Gasteiger partial charge is 0.465 e. The first-order valence-corrected chi connectivity index (χ1v) is 6.42. The number of esters is 1. The number of hydrogen-bond acceptors (Lipinski definition) is 5. The van der Waals surface area contributed by atoms with E-state index >= 15 is 0 Å². The first kappa shape index (κ1) is 11.7. The zero-order valence-corrected chi connectivity index (χ0v) is 11.0. The van der Waals surface area contributed by atoms with Crippen molar-refractivity contribution in [3.8, 4) is 11.1 Å². The number of carbonyl (C=O) groups excluding carboxylic acids is 1. The molecule has 2 heterocycles. The summed E-state index contributed by atoms with van der Waals surface area (Å²) in [4.78, 5) is 12.1. The summed E-state index contributed by atoms with van der Waals surface area (Å²) in [6.07, 6.45) is 3.55. The summed E-state index contributed by atoms with van der Waals surface area (Å²) in [5.74, 6) is -0.406. The van der Waals surface area contributed by atoms with Crippen LogP contribution in [-0.2, 0) is 4.74 Å². The summed E-state index contributed by atoms with van der Waals surface area (Å²) in [6, 6.07) is 5.79. The Balaban J connectivity index is 2.29. The van der Waals surface area contributed by atoms with Crippen LogP contribution in [0, 0.1) is 0 Å². The maximum atomic E-state index is 11.7. The van der Waals surface area contributed by atoms with Gasteiger partial charge in [-0.25, -0.2) is 4.79 Å². The molecular weight excluding hydrogens is 262 g/mol. The Morgan fingerprint density at radius 3 is 3.00 bits per heavy atom. The quantitative estimate of drug-likeness (QED) is 0.703. The van der Waals surface area contributed by atoms with Gasteiger partial charge in [0.1, 0.15) is 4.88 Å². The molecule has 0 saturated carbocycles. The van der Waals surface area contributed by atoms with Gasteiger partial charge in [0.25, 0.3) is 0 Å². The number of benzene rings is 1. The summed E-state index contributed by atoms with van der Waals surface area (Å²) < 4.78 is 5.71. The third-order valence-corrected chi connectivity index (χ3v) is 4.17. The summed E-state index contributed by atoms with van der Waals surface area (Å²) in [7, 11) is 1.35. The zero-order valence-electron chi connectivity index (χ0n) is 10.1. The molecule has 3 aromatic rings. The second-order valence-electron chi connectivity index (χ2n) is 4.01. The van der Waals surface area contributed by atoms with Gasteiger partial charge >= 0.3 is 5.97 Å². The molecule has 0 atom stereocenters. The van der Waals surface area contributed by atoms with E-state index in [0.717, 1.165) is 21.2 Å². The van der Waals surface area contributed by atoms with Crippen LogP contribution in [-0.4, -0.2) is 23.3 Å². The van der Waals surface area contributed by atoms with Crippen molar-refractivity contribution in [2.75, 3.05) is 12.8 Å². The maximum absolute atomic E-state index is 11.7. The molecule has 0 fully saturated rings. The molecule has 19 heavy (non-hydrogen) atoms. The fourth-order valence-electron chi connectivity index (χ4n) is 2.01. The number of H-pyrrole nitrogens is 1. The number of fused-ring (bicyclic) bond motifs is 1. The van der Waals surface area contributed by atoms with E-state index in [1.54, 1.807) is 6.20 Å². The van der Waals surface area contributed by atoms with Crippen LogP contribution in [0.15, 0.2) is 30.6 Å². The highest BCUT2D eigenvalue weighted by Crippen LogP contribution is 2.39. The monoisotopic (exact) mass is 273 g/mol. The molecule has 0 spiro atoms. The van der Waals surface area contributed by atoms with Crippen molar-refractivity contribution in [3.63, 3.8) is 0 Å². The molecule has 96 valence electrons. The number of nitrogens with one attached hydrogen (secondary N) is 1. The van der Waals surface area contributed by atoms with Gasteiger partial charge in [0.2, 0.25) is 0 Å². The van der Waals surface area contributed by atoms with Crippen molar-refractivity contribution in [1.29, 1.82) is 0 Å². The van der Waals surface area contributed by atoms with Crippen LogP contribution < -0.4 is 5.73 Å². The van der Waals surface area contributed by atoms with Crippen molar-refractivity contribution in [2.24, 2.45) is 0 Å². The highest BCUT2D eigenvalue weighted by atomic mass is 32.1. The predicted octanol–water partition coefficient (Wildman–Crippen LogP) is 2.66. The lowest BCUT2D eigenvalue weighted by Gasteiger charge is -1.99. The highest BCUT2D eigenvalue weighted by molar-refractivity contribution is 7.22. The summed E-state index contributed by atoms with van der Waals surface area (Å²) in [5, 5.41) is 7.59. The van der Waals surface area contributed by atoms with E-state index in [2.05, 4.69) is 10.2 Å². The molecule has 0 unspecified atom stereocenters. The molecule has 3 rings (SSSR count). The Morgan fingerprint density at radius 2 is 2.32 bits per heavy atom. The van der Waals surface area contributed by atoms with Crippen molar-refractivity contribution in [3.05, 3.63) is 35.5 Å². The van der Waals surface area contributed by atoms with Crippen LogP contribution in [0.25, 0.3) is 21.2 Å². The van der Waals surface area contributed by atoms with Crippen LogP contribution >= 0.6 is 11.3 Å². The van der Waals surface area contributed by atoms with E-state index in [1.807, 2.05) is 24.4 Å². The predicted molar refractivity (Wildman–Crippen MR) is 75.2 cm³/mol. The average molecular weight is 273 g/mol. The van der Waals surface area contributed by atoms with Crippen molar-refractivity contribution >= 4 is 33.1 Å². The Bertz CT molecular complexity index is 747. The zero-order chi connectivity index (χ0) is 13.4. The third kappa shape index (κ3) is 1.77. The lowest BCUT2D eigenvalue weighted by molar-refractivity contribution is 0.0607. The van der Waals surface area contributed by atoms with E-state index in [1.165, 1.54) is 18.4 Å². The minimum absolute atomic E-state index is 0.406. The Morgan fingerprint density at radius 1 is 1.47 bits per heavy atom. The Labute approximate surface area is 113 Å². The number of aromatic amines is 1. The average Bonchev–Trinajstić information content (AvgIpc) is 3.06. The van der Waals surface area contributed by atoms with Crippen LogP contribution in [0.4, 0.5) is 5.69 Å². The van der Waals surface area contributed by atoms with Gasteiger partial charge in [-0.2, -0.15) is 5.10 Å². The lowest BCUT2D eigenvalue weighted by Crippen LogP contribution is -2.01. The van der Waals surface area contributed by atoms with Gasteiger partial charge in [0.15, 0.2) is 0 Å². The molecular formula is C13H11N3O2S. The Kier molecular flexibility index (Phi) is 2.72. The first-order valence-electron chi connectivity index (χ1n) is 5.61. The number of rotatable bonds is 2. The molecule has 5 nitrogen and oxygen atoms in total. The van der Waals surface area contributed by atoms with Crippen LogP contribution in [0.3, 0.4) is 0 Å². The van der Waals surface area contributed by atoms with Crippen molar-refractivity contribution in [2.45, 2.75) is 0 Å². The number of nitrogens with two attached hydrogens (primary N) is 1. The number of carbonyl (C=O) groups is 1. The van der Waals surface area contributed by atoms with E-state index in [9.17, 15) is 4.79 Å². The topological polar surface area (TPSA) is 81.0 Å². The second kappa shape index (κ2) is 4.40. The molecule has 2 aromatic heterocycles. The number of methoxy groups -OCH3 is 1. The fourth-order valence-corrected chi connectivity index (χ4v) is 3.18. The summed E-state index contributed by atoms with van der Waals surface area (Å²) in [5.41, 5.74) is 8.45. The number of hydrogen-bond donors (Lipinski definition) is 2. The fraction of sp³-hybridized carbons (Fsp3) is 0.0769. The van der Waals surface area contributed by atoms with Gasteiger partial charge in [-0.05, 0) is 0 Å². The molecule has 0 aliphatic carbocycles. The van der Waals surface area contributed by atoms with Gasteiger partial charge in [-0.3, -0.25) is 5.10 Å². The molecule has 3 N–H and O–H groups in total. The minimum Gasteiger partial charge on any atom is -0.465 e. The second-order valence-corrected chi connectivity index (χ2v) is 5.03. The number of aromatic nitrogens is 2. The number of nitrogens with zero attached hydrogens (tertiary/aromatic N) is 1. The third-order valence-electron chi connectivity index (χ3n) is 2.93. The molecule has 0 amide bonds. The maximum Gasteiger partial charge on any atom is 0.350 e.